The van der Waals surface area contributed by atoms with Crippen LogP contribution in [-0.4, -0.2) is 37.4 Å². The summed E-state index contributed by atoms with van der Waals surface area (Å²) in [5.74, 6) is 0.369. The van der Waals surface area contributed by atoms with E-state index in [-0.39, 0.29) is 24.8 Å². The van der Waals surface area contributed by atoms with Crippen molar-refractivity contribution in [3.05, 3.63) is 58.1 Å². The van der Waals surface area contributed by atoms with Crippen molar-refractivity contribution >= 4 is 29.1 Å². The number of nitrogens with one attached hydrogen (secondary N) is 1. The molecule has 0 atom stereocenters. The van der Waals surface area contributed by atoms with E-state index in [9.17, 15) is 9.59 Å². The highest BCUT2D eigenvalue weighted by Gasteiger charge is 2.14. The van der Waals surface area contributed by atoms with E-state index in [0.29, 0.717) is 16.3 Å². The van der Waals surface area contributed by atoms with Gasteiger partial charge in [0.2, 0.25) is 5.91 Å². The quantitative estimate of drug-likeness (QED) is 0.829. The molecule has 2 rings (SSSR count). The van der Waals surface area contributed by atoms with Crippen LogP contribution in [0.4, 0.5) is 5.69 Å². The maximum Gasteiger partial charge on any atom is 0.254 e. The Labute approximate surface area is 158 Å². The van der Waals surface area contributed by atoms with Gasteiger partial charge in [0.15, 0.2) is 0 Å². The molecule has 138 valence electrons. The Kier molecular flexibility index (Phi) is 6.64. The minimum Gasteiger partial charge on any atom is -0.493 e. The monoisotopic (exact) mass is 374 g/mol. The molecular weight excluding hydrogens is 352 g/mol. The average Bonchev–Trinajstić information content (AvgIpc) is 2.59. The molecule has 6 heteroatoms. The van der Waals surface area contributed by atoms with E-state index >= 15 is 0 Å². The van der Waals surface area contributed by atoms with Crippen LogP contribution in [0.5, 0.6) is 5.75 Å². The third kappa shape index (κ3) is 4.99. The van der Waals surface area contributed by atoms with Crippen LogP contribution < -0.4 is 10.1 Å². The van der Waals surface area contributed by atoms with Crippen LogP contribution in [0.15, 0.2) is 36.4 Å². The zero-order valence-corrected chi connectivity index (χ0v) is 16.2. The first kappa shape index (κ1) is 19.8. The molecule has 1 N–H and O–H groups in total. The molecule has 0 aliphatic carbocycles. The smallest absolute Gasteiger partial charge is 0.254 e. The fraction of sp³-hybridized carbons (Fsp3) is 0.300. The van der Waals surface area contributed by atoms with Crippen LogP contribution in [0, 0.1) is 13.8 Å². The summed E-state index contributed by atoms with van der Waals surface area (Å²) in [4.78, 5) is 25.7. The number of aryl methyl sites for hydroxylation is 1. The van der Waals surface area contributed by atoms with Crippen molar-refractivity contribution in [2.45, 2.75) is 20.3 Å². The van der Waals surface area contributed by atoms with Crippen molar-refractivity contribution in [1.82, 2.24) is 4.90 Å². The number of carbonyl (C=O) groups excluding carboxylic acids is 2. The number of rotatable bonds is 6. The average molecular weight is 375 g/mol. The normalized spacial score (nSPS) is 10.3. The fourth-order valence-corrected chi connectivity index (χ4v) is 2.56. The molecule has 0 aromatic heterocycles. The van der Waals surface area contributed by atoms with Crippen LogP contribution in [0.25, 0.3) is 0 Å². The molecule has 0 unspecified atom stereocenters. The van der Waals surface area contributed by atoms with Gasteiger partial charge in [-0.25, -0.2) is 0 Å². The lowest BCUT2D eigenvalue weighted by atomic mass is 10.1. The second-order valence-corrected chi connectivity index (χ2v) is 6.65. The van der Waals surface area contributed by atoms with Gasteiger partial charge in [0, 0.05) is 19.8 Å². The lowest BCUT2D eigenvalue weighted by Crippen LogP contribution is -2.22. The zero-order chi connectivity index (χ0) is 19.3. The van der Waals surface area contributed by atoms with Crippen LogP contribution in [0.1, 0.15) is 27.9 Å². The Morgan fingerprint density at radius 2 is 1.88 bits per heavy atom. The van der Waals surface area contributed by atoms with Gasteiger partial charge >= 0.3 is 0 Å². The molecule has 5 nitrogen and oxygen atoms in total. The van der Waals surface area contributed by atoms with Gasteiger partial charge in [-0.15, -0.1) is 0 Å². The predicted octanol–water partition coefficient (Wildman–Crippen LogP) is 4.07. The largest absolute Gasteiger partial charge is 0.493 e. The topological polar surface area (TPSA) is 58.6 Å². The molecular formula is C20H23ClN2O3. The van der Waals surface area contributed by atoms with Gasteiger partial charge in [0.25, 0.3) is 5.91 Å². The standard InChI is InChI=1S/C20H23ClN2O3/c1-13-6-5-7-18(14(13)2)26-11-10-19(24)22-15-8-9-17(21)16(12-15)20(25)23(3)4/h5-9,12H,10-11H2,1-4H3,(H,22,24). The maximum absolute atomic E-state index is 12.1. The summed E-state index contributed by atoms with van der Waals surface area (Å²) in [7, 11) is 3.29. The van der Waals surface area contributed by atoms with E-state index in [1.165, 1.54) is 4.90 Å². The van der Waals surface area contributed by atoms with Gasteiger partial charge in [0.1, 0.15) is 5.75 Å². The van der Waals surface area contributed by atoms with Crippen molar-refractivity contribution in [3.63, 3.8) is 0 Å². The summed E-state index contributed by atoms with van der Waals surface area (Å²) in [5.41, 5.74) is 3.08. The molecule has 2 aromatic carbocycles. The minimum atomic E-state index is -0.218. The first-order chi connectivity index (χ1) is 12.3. The van der Waals surface area contributed by atoms with E-state index in [4.69, 9.17) is 16.3 Å². The summed E-state index contributed by atoms with van der Waals surface area (Å²) in [5, 5.41) is 3.11. The molecule has 0 radical (unpaired) electrons. The third-order valence-corrected chi connectivity index (χ3v) is 4.36. The highest BCUT2D eigenvalue weighted by molar-refractivity contribution is 6.34. The summed E-state index contributed by atoms with van der Waals surface area (Å²) in [6.07, 6.45) is 0.201. The molecule has 0 aliphatic heterocycles. The van der Waals surface area contributed by atoms with Gasteiger partial charge in [-0.1, -0.05) is 23.7 Å². The van der Waals surface area contributed by atoms with Gasteiger partial charge < -0.3 is 15.0 Å². The van der Waals surface area contributed by atoms with E-state index < -0.39 is 0 Å². The highest BCUT2D eigenvalue weighted by Crippen LogP contribution is 2.22. The third-order valence-electron chi connectivity index (χ3n) is 4.03. The Hall–Kier alpha value is -2.53. The summed E-state index contributed by atoms with van der Waals surface area (Å²) in [6, 6.07) is 10.7. The first-order valence-electron chi connectivity index (χ1n) is 8.29. The number of hydrogen-bond donors (Lipinski definition) is 1. The molecule has 2 aromatic rings. The summed E-state index contributed by atoms with van der Waals surface area (Å²) >= 11 is 6.07. The van der Waals surface area contributed by atoms with Crippen molar-refractivity contribution in [2.24, 2.45) is 0 Å². The van der Waals surface area contributed by atoms with Gasteiger partial charge in [-0.2, -0.15) is 0 Å². The molecule has 0 spiro atoms. The van der Waals surface area contributed by atoms with Crippen molar-refractivity contribution in [2.75, 3.05) is 26.0 Å². The van der Waals surface area contributed by atoms with Crippen molar-refractivity contribution < 1.29 is 14.3 Å². The molecule has 0 saturated heterocycles. The van der Waals surface area contributed by atoms with E-state index in [0.717, 1.165) is 16.9 Å². The number of amides is 2. The van der Waals surface area contributed by atoms with Crippen LogP contribution in [-0.2, 0) is 4.79 Å². The molecule has 0 bridgehead atoms. The number of benzene rings is 2. The number of hydrogen-bond acceptors (Lipinski definition) is 3. The Balaban J connectivity index is 1.94. The first-order valence-corrected chi connectivity index (χ1v) is 8.67. The molecule has 0 heterocycles. The van der Waals surface area contributed by atoms with Crippen LogP contribution in [0.3, 0.4) is 0 Å². The second-order valence-electron chi connectivity index (χ2n) is 6.24. The van der Waals surface area contributed by atoms with Crippen LogP contribution in [0.2, 0.25) is 5.02 Å². The molecule has 0 fully saturated rings. The highest BCUT2D eigenvalue weighted by atomic mass is 35.5. The lowest BCUT2D eigenvalue weighted by molar-refractivity contribution is -0.116. The Morgan fingerprint density at radius 3 is 2.58 bits per heavy atom. The van der Waals surface area contributed by atoms with Crippen molar-refractivity contribution in [3.8, 4) is 5.75 Å². The summed E-state index contributed by atoms with van der Waals surface area (Å²) < 4.78 is 5.70. The predicted molar refractivity (Wildman–Crippen MR) is 104 cm³/mol. The number of carbonyl (C=O) groups is 2. The van der Waals surface area contributed by atoms with E-state index in [1.54, 1.807) is 32.3 Å². The molecule has 2 amide bonds. The molecule has 26 heavy (non-hydrogen) atoms. The molecule has 0 saturated carbocycles. The number of anilines is 1. The SMILES string of the molecule is Cc1cccc(OCCC(=O)Nc2ccc(Cl)c(C(=O)N(C)C)c2)c1C. The Morgan fingerprint density at radius 1 is 1.15 bits per heavy atom. The fourth-order valence-electron chi connectivity index (χ4n) is 2.37. The second kappa shape index (κ2) is 8.72. The van der Waals surface area contributed by atoms with E-state index in [2.05, 4.69) is 5.32 Å². The zero-order valence-electron chi connectivity index (χ0n) is 15.4. The Bertz CT molecular complexity index is 819. The summed E-state index contributed by atoms with van der Waals surface area (Å²) in [6.45, 7) is 4.27. The maximum atomic E-state index is 12.1. The number of ether oxygens (including phenoxy) is 1. The number of nitrogens with zero attached hydrogens (tertiary/aromatic N) is 1. The van der Waals surface area contributed by atoms with E-state index in [1.807, 2.05) is 32.0 Å². The van der Waals surface area contributed by atoms with Crippen LogP contribution >= 0.6 is 11.6 Å². The van der Waals surface area contributed by atoms with Gasteiger partial charge in [0.05, 0.1) is 23.6 Å². The minimum absolute atomic E-state index is 0.194. The van der Waals surface area contributed by atoms with Gasteiger partial charge in [-0.05, 0) is 49.2 Å². The number of halogens is 1. The lowest BCUT2D eigenvalue weighted by Gasteiger charge is -2.14. The van der Waals surface area contributed by atoms with Gasteiger partial charge in [-0.3, -0.25) is 9.59 Å². The van der Waals surface area contributed by atoms with Crippen molar-refractivity contribution in [1.29, 1.82) is 0 Å². The molecule has 0 aliphatic rings.